The highest BCUT2D eigenvalue weighted by Gasteiger charge is 2.44. The van der Waals surface area contributed by atoms with E-state index in [9.17, 15) is 15.3 Å². The van der Waals surface area contributed by atoms with Gasteiger partial charge in [-0.05, 0) is 11.6 Å². The average Bonchev–Trinajstić information content (AvgIpc) is 3.15. The zero-order chi connectivity index (χ0) is 17.6. The third kappa shape index (κ3) is 2.49. The predicted octanol–water partition coefficient (Wildman–Crippen LogP) is 0.897. The molecule has 0 bridgehead atoms. The monoisotopic (exact) mass is 341 g/mol. The Morgan fingerprint density at radius 2 is 1.88 bits per heavy atom. The summed E-state index contributed by atoms with van der Waals surface area (Å²) >= 11 is 0. The van der Waals surface area contributed by atoms with Crippen LogP contribution in [0.2, 0.25) is 0 Å². The number of rotatable bonds is 3. The normalized spacial score (nSPS) is 26.4. The molecule has 0 radical (unpaired) electrons. The van der Waals surface area contributed by atoms with Crippen molar-refractivity contribution in [1.29, 1.82) is 0 Å². The van der Waals surface area contributed by atoms with Gasteiger partial charge in [0.15, 0.2) is 6.23 Å². The second-order valence-electron chi connectivity index (χ2n) is 6.14. The molecular weight excluding hydrogens is 322 g/mol. The number of aromatic nitrogens is 2. The molecule has 5 N–H and O–H groups in total. The lowest BCUT2D eigenvalue weighted by Gasteiger charge is -2.17. The molecule has 0 spiro atoms. The average molecular weight is 341 g/mol. The smallest absolute Gasteiger partial charge is 0.164 e. The SMILES string of the molecule is Nc1ccnc2c1c(-c1ccccc1)cn2[C@@H]1O[C@H](CO)[C@@H](O)[C@H]1O. The Morgan fingerprint density at radius 3 is 2.56 bits per heavy atom. The summed E-state index contributed by atoms with van der Waals surface area (Å²) in [4.78, 5) is 4.39. The minimum Gasteiger partial charge on any atom is -0.398 e. The van der Waals surface area contributed by atoms with Crippen LogP contribution < -0.4 is 5.73 Å². The van der Waals surface area contributed by atoms with Crippen LogP contribution in [-0.2, 0) is 4.74 Å². The van der Waals surface area contributed by atoms with Gasteiger partial charge in [0.25, 0.3) is 0 Å². The maximum absolute atomic E-state index is 10.4. The molecule has 7 nitrogen and oxygen atoms in total. The first-order valence-corrected chi connectivity index (χ1v) is 8.04. The van der Waals surface area contributed by atoms with Crippen LogP contribution >= 0.6 is 0 Å². The van der Waals surface area contributed by atoms with Gasteiger partial charge in [-0.2, -0.15) is 0 Å². The van der Waals surface area contributed by atoms with Crippen molar-refractivity contribution in [3.8, 4) is 11.1 Å². The summed E-state index contributed by atoms with van der Waals surface area (Å²) in [7, 11) is 0. The van der Waals surface area contributed by atoms with Gasteiger partial charge in [-0.1, -0.05) is 30.3 Å². The fourth-order valence-electron chi connectivity index (χ4n) is 3.34. The first-order chi connectivity index (χ1) is 12.1. The molecule has 130 valence electrons. The molecule has 7 heteroatoms. The topological polar surface area (TPSA) is 114 Å². The summed E-state index contributed by atoms with van der Waals surface area (Å²) in [6, 6.07) is 11.4. The van der Waals surface area contributed by atoms with E-state index in [1.54, 1.807) is 16.8 Å². The number of hydrogen-bond donors (Lipinski definition) is 4. The molecule has 1 aromatic carbocycles. The Bertz CT molecular complexity index is 896. The number of pyridine rings is 1. The summed E-state index contributed by atoms with van der Waals surface area (Å²) in [6.45, 7) is -0.380. The third-order valence-electron chi connectivity index (χ3n) is 4.62. The van der Waals surface area contributed by atoms with Gasteiger partial charge in [0.05, 0.1) is 6.61 Å². The Morgan fingerprint density at radius 1 is 1.12 bits per heavy atom. The Hall–Kier alpha value is -2.45. The van der Waals surface area contributed by atoms with Crippen LogP contribution in [0.15, 0.2) is 48.8 Å². The molecule has 2 aromatic heterocycles. The van der Waals surface area contributed by atoms with Gasteiger partial charge in [0, 0.05) is 29.0 Å². The molecule has 0 unspecified atom stereocenters. The van der Waals surface area contributed by atoms with E-state index in [0.717, 1.165) is 16.5 Å². The number of aliphatic hydroxyl groups excluding tert-OH is 3. The van der Waals surface area contributed by atoms with E-state index >= 15 is 0 Å². The van der Waals surface area contributed by atoms with Crippen LogP contribution in [0.1, 0.15) is 6.23 Å². The minimum absolute atomic E-state index is 0.380. The highest BCUT2D eigenvalue weighted by molar-refractivity contribution is 6.01. The number of nitrogens with two attached hydrogens (primary N) is 1. The molecule has 4 atom stereocenters. The number of nitrogens with zero attached hydrogens (tertiary/aromatic N) is 2. The van der Waals surface area contributed by atoms with Crippen LogP contribution in [0.4, 0.5) is 5.69 Å². The molecule has 4 rings (SSSR count). The van der Waals surface area contributed by atoms with Gasteiger partial charge in [-0.25, -0.2) is 4.98 Å². The van der Waals surface area contributed by atoms with E-state index in [1.807, 2.05) is 36.5 Å². The molecule has 1 aliphatic rings. The van der Waals surface area contributed by atoms with Gasteiger partial charge < -0.3 is 30.4 Å². The maximum atomic E-state index is 10.4. The van der Waals surface area contributed by atoms with E-state index in [2.05, 4.69) is 4.98 Å². The van der Waals surface area contributed by atoms with Crippen molar-refractivity contribution in [3.05, 3.63) is 48.8 Å². The number of nitrogen functional groups attached to an aromatic ring is 1. The number of hydrogen-bond acceptors (Lipinski definition) is 6. The molecule has 1 aliphatic heterocycles. The fourth-order valence-corrected chi connectivity index (χ4v) is 3.34. The number of benzene rings is 1. The van der Waals surface area contributed by atoms with Gasteiger partial charge in [-0.15, -0.1) is 0 Å². The molecule has 0 amide bonds. The lowest BCUT2D eigenvalue weighted by Crippen LogP contribution is -2.33. The van der Waals surface area contributed by atoms with E-state index < -0.39 is 24.5 Å². The summed E-state index contributed by atoms with van der Waals surface area (Å²) in [5, 5.41) is 30.5. The van der Waals surface area contributed by atoms with Crippen LogP contribution in [0, 0.1) is 0 Å². The van der Waals surface area contributed by atoms with Crippen molar-refractivity contribution in [1.82, 2.24) is 9.55 Å². The first-order valence-electron chi connectivity index (χ1n) is 8.04. The van der Waals surface area contributed by atoms with Gasteiger partial charge in [0.2, 0.25) is 0 Å². The molecule has 3 aromatic rings. The van der Waals surface area contributed by atoms with Crippen LogP contribution in [0.25, 0.3) is 22.2 Å². The zero-order valence-electron chi connectivity index (χ0n) is 13.4. The van der Waals surface area contributed by atoms with Crippen molar-refractivity contribution in [2.24, 2.45) is 0 Å². The van der Waals surface area contributed by atoms with E-state index in [4.69, 9.17) is 10.5 Å². The predicted molar refractivity (Wildman–Crippen MR) is 92.6 cm³/mol. The molecule has 1 fully saturated rings. The summed E-state index contributed by atoms with van der Waals surface area (Å²) < 4.78 is 7.31. The lowest BCUT2D eigenvalue weighted by molar-refractivity contribution is -0.0508. The zero-order valence-corrected chi connectivity index (χ0v) is 13.4. The molecular formula is C18H19N3O4. The van der Waals surface area contributed by atoms with Gasteiger partial charge in [-0.3, -0.25) is 0 Å². The first kappa shape index (κ1) is 16.0. The van der Waals surface area contributed by atoms with E-state index in [-0.39, 0.29) is 6.61 Å². The van der Waals surface area contributed by atoms with Crippen molar-refractivity contribution >= 4 is 16.7 Å². The summed E-state index contributed by atoms with van der Waals surface area (Å²) in [6.07, 6.45) is -0.665. The highest BCUT2D eigenvalue weighted by Crippen LogP contribution is 2.38. The number of anilines is 1. The standard InChI is InChI=1S/C18H19N3O4/c19-12-6-7-20-17-14(12)11(10-4-2-1-3-5-10)8-21(17)18-16(24)15(23)13(9-22)25-18/h1-8,13,15-16,18,22-24H,9H2,(H2,19,20)/t13-,15-,16-,18-/m1/s1. The number of aliphatic hydroxyl groups is 3. The Kier molecular flexibility index (Phi) is 3.93. The number of fused-ring (bicyclic) bond motifs is 1. The van der Waals surface area contributed by atoms with Crippen molar-refractivity contribution in [2.75, 3.05) is 12.3 Å². The summed E-state index contributed by atoms with van der Waals surface area (Å²) in [5.41, 5.74) is 9.11. The van der Waals surface area contributed by atoms with Crippen molar-refractivity contribution < 1.29 is 20.1 Å². The van der Waals surface area contributed by atoms with E-state index in [0.29, 0.717) is 11.3 Å². The molecule has 3 heterocycles. The molecule has 25 heavy (non-hydrogen) atoms. The third-order valence-corrected chi connectivity index (χ3v) is 4.62. The minimum atomic E-state index is -1.18. The lowest BCUT2D eigenvalue weighted by atomic mass is 10.1. The Labute approximate surface area is 143 Å². The van der Waals surface area contributed by atoms with Gasteiger partial charge in [0.1, 0.15) is 24.0 Å². The van der Waals surface area contributed by atoms with Crippen molar-refractivity contribution in [3.63, 3.8) is 0 Å². The molecule has 0 saturated carbocycles. The Balaban J connectivity index is 1.90. The molecule has 0 aliphatic carbocycles. The highest BCUT2D eigenvalue weighted by atomic mass is 16.6. The van der Waals surface area contributed by atoms with Crippen LogP contribution in [0.3, 0.4) is 0 Å². The van der Waals surface area contributed by atoms with Crippen LogP contribution in [-0.4, -0.2) is 49.8 Å². The second kappa shape index (κ2) is 6.12. The fraction of sp³-hybridized carbons (Fsp3) is 0.278. The van der Waals surface area contributed by atoms with E-state index in [1.165, 1.54) is 0 Å². The van der Waals surface area contributed by atoms with Crippen LogP contribution in [0.5, 0.6) is 0 Å². The largest absolute Gasteiger partial charge is 0.398 e. The van der Waals surface area contributed by atoms with Gasteiger partial charge >= 0.3 is 0 Å². The van der Waals surface area contributed by atoms with Crippen molar-refractivity contribution in [2.45, 2.75) is 24.5 Å². The maximum Gasteiger partial charge on any atom is 0.164 e. The quantitative estimate of drug-likeness (QED) is 0.563. The number of ether oxygens (including phenoxy) is 1. The summed E-state index contributed by atoms with van der Waals surface area (Å²) in [5.74, 6) is 0. The molecule has 1 saturated heterocycles. The second-order valence-corrected chi connectivity index (χ2v) is 6.14.